The van der Waals surface area contributed by atoms with Gasteiger partial charge in [-0.2, -0.15) is 0 Å². The molecule has 2 aromatic rings. The molecule has 2 heteroatoms. The maximum Gasteiger partial charge on any atom is 0.254 e. The fraction of sp³-hybridized carbons (Fsp3) is 0.316. The maximum atomic E-state index is 12.7. The quantitative estimate of drug-likeness (QED) is 0.803. The van der Waals surface area contributed by atoms with Gasteiger partial charge in [-0.15, -0.1) is 0 Å². The zero-order valence-corrected chi connectivity index (χ0v) is 12.7. The number of hydrogen-bond donors (Lipinski definition) is 0. The number of likely N-dealkylation sites (tertiary alicyclic amines) is 1. The lowest BCUT2D eigenvalue weighted by atomic mass is 10.0. The third-order valence-corrected chi connectivity index (χ3v) is 4.27. The molecule has 1 saturated heterocycles. The first-order chi connectivity index (χ1) is 10.1. The Balaban J connectivity index is 1.85. The van der Waals surface area contributed by atoms with E-state index in [-0.39, 0.29) is 11.9 Å². The summed E-state index contributed by atoms with van der Waals surface area (Å²) in [5.74, 6) is 0.151. The molecule has 1 heterocycles. The van der Waals surface area contributed by atoms with Crippen molar-refractivity contribution in [2.75, 3.05) is 6.54 Å². The van der Waals surface area contributed by atoms with E-state index in [0.29, 0.717) is 0 Å². The van der Waals surface area contributed by atoms with Gasteiger partial charge < -0.3 is 4.90 Å². The number of amides is 1. The summed E-state index contributed by atoms with van der Waals surface area (Å²) in [7, 11) is 0. The van der Waals surface area contributed by atoms with Gasteiger partial charge in [0.2, 0.25) is 0 Å². The van der Waals surface area contributed by atoms with Gasteiger partial charge in [-0.25, -0.2) is 0 Å². The van der Waals surface area contributed by atoms with Crippen LogP contribution in [0.5, 0.6) is 0 Å². The van der Waals surface area contributed by atoms with Gasteiger partial charge in [0.05, 0.1) is 6.04 Å². The summed E-state index contributed by atoms with van der Waals surface area (Å²) in [5.41, 5.74) is 4.48. The Morgan fingerprint density at radius 1 is 0.952 bits per heavy atom. The highest BCUT2D eigenvalue weighted by atomic mass is 16.2. The molecule has 0 aliphatic carbocycles. The van der Waals surface area contributed by atoms with Crippen molar-refractivity contribution in [3.05, 3.63) is 70.8 Å². The molecule has 0 N–H and O–H groups in total. The topological polar surface area (TPSA) is 20.3 Å². The van der Waals surface area contributed by atoms with Gasteiger partial charge >= 0.3 is 0 Å². The van der Waals surface area contributed by atoms with E-state index in [1.807, 2.05) is 36.1 Å². The third kappa shape index (κ3) is 2.85. The minimum atomic E-state index is 0.151. The van der Waals surface area contributed by atoms with Gasteiger partial charge in [0.1, 0.15) is 0 Å². The van der Waals surface area contributed by atoms with Crippen molar-refractivity contribution < 1.29 is 4.79 Å². The van der Waals surface area contributed by atoms with Gasteiger partial charge in [0, 0.05) is 12.1 Å². The van der Waals surface area contributed by atoms with Gasteiger partial charge in [0.15, 0.2) is 0 Å². The summed E-state index contributed by atoms with van der Waals surface area (Å²) < 4.78 is 0. The Hall–Kier alpha value is -2.09. The van der Waals surface area contributed by atoms with E-state index in [2.05, 4.69) is 31.2 Å². The van der Waals surface area contributed by atoms with Gasteiger partial charge in [0.25, 0.3) is 5.91 Å². The van der Waals surface area contributed by atoms with Gasteiger partial charge in [-0.1, -0.05) is 47.5 Å². The van der Waals surface area contributed by atoms with E-state index in [0.717, 1.165) is 24.9 Å². The monoisotopic (exact) mass is 279 g/mol. The summed E-state index contributed by atoms with van der Waals surface area (Å²) in [5, 5.41) is 0. The lowest BCUT2D eigenvalue weighted by molar-refractivity contribution is 0.0735. The number of hydrogen-bond acceptors (Lipinski definition) is 1. The second-order valence-electron chi connectivity index (χ2n) is 5.93. The molecule has 0 aromatic heterocycles. The molecule has 0 spiro atoms. The summed E-state index contributed by atoms with van der Waals surface area (Å²) in [4.78, 5) is 14.8. The van der Waals surface area contributed by atoms with Crippen LogP contribution in [0.4, 0.5) is 0 Å². The summed E-state index contributed by atoms with van der Waals surface area (Å²) >= 11 is 0. The zero-order chi connectivity index (χ0) is 14.8. The van der Waals surface area contributed by atoms with Crippen LogP contribution in [0.2, 0.25) is 0 Å². The molecule has 3 rings (SSSR count). The maximum absolute atomic E-state index is 12.7. The first-order valence-electron chi connectivity index (χ1n) is 7.59. The van der Waals surface area contributed by atoms with Crippen molar-refractivity contribution in [1.82, 2.24) is 4.90 Å². The molecule has 0 unspecified atom stereocenters. The van der Waals surface area contributed by atoms with Crippen LogP contribution in [0.1, 0.15) is 45.9 Å². The van der Waals surface area contributed by atoms with E-state index in [9.17, 15) is 4.79 Å². The molecule has 2 nitrogen and oxygen atoms in total. The van der Waals surface area contributed by atoms with Crippen molar-refractivity contribution in [1.29, 1.82) is 0 Å². The molecule has 108 valence electrons. The van der Waals surface area contributed by atoms with E-state index in [4.69, 9.17) is 0 Å². The molecule has 1 aliphatic rings. The number of aryl methyl sites for hydroxylation is 2. The predicted molar refractivity (Wildman–Crippen MR) is 85.4 cm³/mol. The Morgan fingerprint density at radius 3 is 2.14 bits per heavy atom. The number of rotatable bonds is 2. The number of benzene rings is 2. The van der Waals surface area contributed by atoms with Gasteiger partial charge in [-0.3, -0.25) is 4.79 Å². The van der Waals surface area contributed by atoms with E-state index in [1.54, 1.807) is 0 Å². The van der Waals surface area contributed by atoms with Crippen LogP contribution in [0, 0.1) is 13.8 Å². The smallest absolute Gasteiger partial charge is 0.254 e. The SMILES string of the molecule is Cc1ccc(C(=O)N2CCC[C@@H]2c2ccc(C)cc2)cc1. The Bertz CT molecular complexity index is 628. The number of nitrogens with zero attached hydrogens (tertiary/aromatic N) is 1. The highest BCUT2D eigenvalue weighted by molar-refractivity contribution is 5.94. The van der Waals surface area contributed by atoms with Crippen LogP contribution in [-0.2, 0) is 0 Å². The first kappa shape index (κ1) is 13.9. The molecular formula is C19H21NO. The van der Waals surface area contributed by atoms with Crippen LogP contribution < -0.4 is 0 Å². The Kier molecular flexibility index (Phi) is 3.78. The van der Waals surface area contributed by atoms with Crippen molar-refractivity contribution >= 4 is 5.91 Å². The molecule has 1 fully saturated rings. The van der Waals surface area contributed by atoms with Crippen LogP contribution in [0.3, 0.4) is 0 Å². The molecule has 2 aromatic carbocycles. The first-order valence-corrected chi connectivity index (χ1v) is 7.59. The molecular weight excluding hydrogens is 258 g/mol. The largest absolute Gasteiger partial charge is 0.332 e. The Morgan fingerprint density at radius 2 is 1.52 bits per heavy atom. The minimum absolute atomic E-state index is 0.151. The average molecular weight is 279 g/mol. The molecule has 0 saturated carbocycles. The normalized spacial score (nSPS) is 18.0. The predicted octanol–water partition coefficient (Wildman–Crippen LogP) is 4.28. The molecule has 1 atom stereocenters. The zero-order valence-electron chi connectivity index (χ0n) is 12.7. The summed E-state index contributed by atoms with van der Waals surface area (Å²) in [6.07, 6.45) is 2.14. The number of carbonyl (C=O) groups is 1. The summed E-state index contributed by atoms with van der Waals surface area (Å²) in [6.45, 7) is 4.98. The van der Waals surface area contributed by atoms with Crippen molar-refractivity contribution in [3.8, 4) is 0 Å². The average Bonchev–Trinajstić information content (AvgIpc) is 2.97. The van der Waals surface area contributed by atoms with Crippen LogP contribution in [-0.4, -0.2) is 17.4 Å². The fourth-order valence-electron chi connectivity index (χ4n) is 3.01. The molecule has 21 heavy (non-hydrogen) atoms. The van der Waals surface area contributed by atoms with Gasteiger partial charge in [-0.05, 0) is 44.4 Å². The standard InChI is InChI=1S/C19H21NO/c1-14-5-9-16(10-6-14)18-4-3-13-20(18)19(21)17-11-7-15(2)8-12-17/h5-12,18H,3-4,13H2,1-2H3/t18-/m1/s1. The highest BCUT2D eigenvalue weighted by Crippen LogP contribution is 2.33. The van der Waals surface area contributed by atoms with E-state index < -0.39 is 0 Å². The molecule has 1 aliphatic heterocycles. The fourth-order valence-corrected chi connectivity index (χ4v) is 3.01. The van der Waals surface area contributed by atoms with Crippen molar-refractivity contribution in [3.63, 3.8) is 0 Å². The highest BCUT2D eigenvalue weighted by Gasteiger charge is 2.30. The van der Waals surface area contributed by atoms with Crippen molar-refractivity contribution in [2.24, 2.45) is 0 Å². The molecule has 0 radical (unpaired) electrons. The molecule has 1 amide bonds. The lowest BCUT2D eigenvalue weighted by Crippen LogP contribution is -2.30. The minimum Gasteiger partial charge on any atom is -0.332 e. The van der Waals surface area contributed by atoms with Crippen LogP contribution in [0.15, 0.2) is 48.5 Å². The second-order valence-corrected chi connectivity index (χ2v) is 5.93. The summed E-state index contributed by atoms with van der Waals surface area (Å²) in [6, 6.07) is 16.7. The second kappa shape index (κ2) is 5.72. The number of carbonyl (C=O) groups excluding carboxylic acids is 1. The third-order valence-electron chi connectivity index (χ3n) is 4.27. The van der Waals surface area contributed by atoms with E-state index >= 15 is 0 Å². The van der Waals surface area contributed by atoms with Crippen molar-refractivity contribution in [2.45, 2.75) is 32.7 Å². The molecule has 0 bridgehead atoms. The lowest BCUT2D eigenvalue weighted by Gasteiger charge is -2.25. The Labute approximate surface area is 126 Å². The van der Waals surface area contributed by atoms with Crippen LogP contribution in [0.25, 0.3) is 0 Å². The van der Waals surface area contributed by atoms with E-state index in [1.165, 1.54) is 16.7 Å². The van der Waals surface area contributed by atoms with Crippen LogP contribution >= 0.6 is 0 Å².